The first kappa shape index (κ1) is 13.4. The average Bonchev–Trinajstić information content (AvgIpc) is 3.10. The lowest BCUT2D eigenvalue weighted by Crippen LogP contribution is -2.64. The van der Waals surface area contributed by atoms with E-state index in [2.05, 4.69) is 12.2 Å². The Morgan fingerprint density at radius 3 is 2.61 bits per heavy atom. The van der Waals surface area contributed by atoms with Crippen LogP contribution in [0.3, 0.4) is 0 Å². The lowest BCUT2D eigenvalue weighted by Gasteiger charge is -2.41. The molecule has 0 aromatic heterocycles. The van der Waals surface area contributed by atoms with Crippen LogP contribution in [0.25, 0.3) is 0 Å². The van der Waals surface area contributed by atoms with Crippen LogP contribution in [0.2, 0.25) is 0 Å². The van der Waals surface area contributed by atoms with Crippen molar-refractivity contribution in [3.63, 3.8) is 0 Å². The van der Waals surface area contributed by atoms with E-state index in [4.69, 9.17) is 0 Å². The summed E-state index contributed by atoms with van der Waals surface area (Å²) in [5.74, 6) is 0.877. The van der Waals surface area contributed by atoms with Crippen LogP contribution in [-0.2, 0) is 9.59 Å². The Balaban J connectivity index is 2.07. The highest BCUT2D eigenvalue weighted by Crippen LogP contribution is 2.35. The van der Waals surface area contributed by atoms with Crippen molar-refractivity contribution in [2.75, 3.05) is 0 Å². The van der Waals surface area contributed by atoms with E-state index < -0.39 is 0 Å². The van der Waals surface area contributed by atoms with E-state index >= 15 is 0 Å². The quantitative estimate of drug-likeness (QED) is 0.809. The molecule has 102 valence electrons. The highest BCUT2D eigenvalue weighted by atomic mass is 16.2. The molecule has 1 aliphatic carbocycles. The van der Waals surface area contributed by atoms with E-state index in [0.717, 1.165) is 25.2 Å². The molecule has 3 atom stereocenters. The van der Waals surface area contributed by atoms with E-state index in [9.17, 15) is 9.59 Å². The van der Waals surface area contributed by atoms with Crippen LogP contribution >= 0.6 is 0 Å². The Bertz CT molecular complexity index is 339. The zero-order valence-electron chi connectivity index (χ0n) is 11.6. The lowest BCUT2D eigenvalue weighted by molar-refractivity contribution is -0.151. The highest BCUT2D eigenvalue weighted by molar-refractivity contribution is 5.96. The van der Waals surface area contributed by atoms with Gasteiger partial charge < -0.3 is 10.2 Å². The van der Waals surface area contributed by atoms with Gasteiger partial charge in [-0.3, -0.25) is 9.59 Å². The molecule has 2 amide bonds. The van der Waals surface area contributed by atoms with Crippen molar-refractivity contribution in [3.05, 3.63) is 0 Å². The minimum absolute atomic E-state index is 0.00398. The molecule has 0 aromatic carbocycles. The second-order valence-electron chi connectivity index (χ2n) is 5.80. The van der Waals surface area contributed by atoms with Gasteiger partial charge in [0.2, 0.25) is 11.8 Å². The predicted octanol–water partition coefficient (Wildman–Crippen LogP) is 1.69. The molecule has 0 bridgehead atoms. The fraction of sp³-hybridized carbons (Fsp3) is 0.857. The fourth-order valence-electron chi connectivity index (χ4n) is 2.88. The summed E-state index contributed by atoms with van der Waals surface area (Å²) < 4.78 is 0. The normalized spacial score (nSPS) is 30.3. The topological polar surface area (TPSA) is 49.4 Å². The van der Waals surface area contributed by atoms with Gasteiger partial charge in [-0.15, -0.1) is 0 Å². The monoisotopic (exact) mass is 252 g/mol. The van der Waals surface area contributed by atoms with Gasteiger partial charge >= 0.3 is 0 Å². The summed E-state index contributed by atoms with van der Waals surface area (Å²) in [5.41, 5.74) is 0. The van der Waals surface area contributed by atoms with Gasteiger partial charge in [0.15, 0.2) is 0 Å². The zero-order valence-corrected chi connectivity index (χ0v) is 11.6. The van der Waals surface area contributed by atoms with E-state index in [1.165, 1.54) is 12.8 Å². The molecular weight excluding hydrogens is 228 g/mol. The maximum Gasteiger partial charge on any atom is 0.246 e. The fourth-order valence-corrected chi connectivity index (χ4v) is 2.88. The van der Waals surface area contributed by atoms with Gasteiger partial charge in [-0.2, -0.15) is 0 Å². The first-order chi connectivity index (χ1) is 8.54. The number of piperazine rings is 1. The van der Waals surface area contributed by atoms with Crippen LogP contribution in [0, 0.1) is 5.92 Å². The highest BCUT2D eigenvalue weighted by Gasteiger charge is 2.41. The second kappa shape index (κ2) is 5.29. The zero-order chi connectivity index (χ0) is 13.3. The summed E-state index contributed by atoms with van der Waals surface area (Å²) in [6, 6.07) is -0.440. The van der Waals surface area contributed by atoms with Crippen molar-refractivity contribution in [2.24, 2.45) is 5.92 Å². The maximum atomic E-state index is 12.4. The molecule has 1 aliphatic heterocycles. The standard InChI is InChI=1S/C14H24N2O2/c1-4-5-12-14(18)16(10(3)13(17)15-12)9(2)8-11-6-7-11/h9-12H,4-8H2,1-3H3,(H,15,17). The average molecular weight is 252 g/mol. The van der Waals surface area contributed by atoms with Gasteiger partial charge in [-0.05, 0) is 32.6 Å². The van der Waals surface area contributed by atoms with Crippen molar-refractivity contribution in [1.29, 1.82) is 0 Å². The van der Waals surface area contributed by atoms with E-state index in [1.54, 1.807) is 0 Å². The Kier molecular flexibility index (Phi) is 3.93. The SMILES string of the molecule is CCCC1NC(=O)C(C)N(C(C)CC2CC2)C1=O. The van der Waals surface area contributed by atoms with E-state index in [1.807, 2.05) is 18.7 Å². The Hall–Kier alpha value is -1.06. The molecule has 1 heterocycles. The van der Waals surface area contributed by atoms with Crippen molar-refractivity contribution >= 4 is 11.8 Å². The molecule has 1 saturated heterocycles. The molecule has 0 aromatic rings. The minimum atomic E-state index is -0.320. The van der Waals surface area contributed by atoms with Crippen LogP contribution in [0.15, 0.2) is 0 Å². The van der Waals surface area contributed by atoms with Gasteiger partial charge in [-0.25, -0.2) is 0 Å². The van der Waals surface area contributed by atoms with Crippen molar-refractivity contribution in [3.8, 4) is 0 Å². The van der Waals surface area contributed by atoms with Crippen LogP contribution in [-0.4, -0.2) is 34.8 Å². The number of rotatable bonds is 5. The molecule has 18 heavy (non-hydrogen) atoms. The molecule has 1 saturated carbocycles. The Morgan fingerprint density at radius 2 is 2.06 bits per heavy atom. The third kappa shape index (κ3) is 2.68. The molecule has 2 rings (SSSR count). The maximum absolute atomic E-state index is 12.4. The first-order valence-electron chi connectivity index (χ1n) is 7.17. The first-order valence-corrected chi connectivity index (χ1v) is 7.17. The molecule has 3 unspecified atom stereocenters. The third-order valence-corrected chi connectivity index (χ3v) is 4.09. The van der Waals surface area contributed by atoms with Gasteiger partial charge in [-0.1, -0.05) is 26.2 Å². The van der Waals surface area contributed by atoms with Gasteiger partial charge in [0.05, 0.1) is 0 Å². The largest absolute Gasteiger partial charge is 0.343 e. The number of nitrogens with zero attached hydrogens (tertiary/aromatic N) is 1. The molecule has 0 spiro atoms. The summed E-state index contributed by atoms with van der Waals surface area (Å²) in [5, 5.41) is 2.84. The third-order valence-electron chi connectivity index (χ3n) is 4.09. The van der Waals surface area contributed by atoms with Gasteiger partial charge in [0.25, 0.3) is 0 Å². The van der Waals surface area contributed by atoms with Crippen LogP contribution < -0.4 is 5.32 Å². The number of nitrogens with one attached hydrogen (secondary N) is 1. The number of carbonyl (C=O) groups excluding carboxylic acids is 2. The van der Waals surface area contributed by atoms with Crippen LogP contribution in [0.4, 0.5) is 0 Å². The number of carbonyl (C=O) groups is 2. The van der Waals surface area contributed by atoms with Gasteiger partial charge in [0.1, 0.15) is 12.1 Å². The molecule has 4 nitrogen and oxygen atoms in total. The number of hydrogen-bond acceptors (Lipinski definition) is 2. The van der Waals surface area contributed by atoms with E-state index in [-0.39, 0.29) is 29.9 Å². The molecule has 2 aliphatic rings. The van der Waals surface area contributed by atoms with Crippen molar-refractivity contribution < 1.29 is 9.59 Å². The van der Waals surface area contributed by atoms with Crippen LogP contribution in [0.5, 0.6) is 0 Å². The summed E-state index contributed by atoms with van der Waals surface area (Å²) in [7, 11) is 0. The molecule has 1 N–H and O–H groups in total. The summed E-state index contributed by atoms with van der Waals surface area (Å²) in [6.45, 7) is 5.95. The van der Waals surface area contributed by atoms with E-state index in [0.29, 0.717) is 0 Å². The van der Waals surface area contributed by atoms with Crippen molar-refractivity contribution in [2.45, 2.75) is 71.0 Å². The van der Waals surface area contributed by atoms with Crippen molar-refractivity contribution in [1.82, 2.24) is 10.2 Å². The summed E-state index contributed by atoms with van der Waals surface area (Å²) in [6.07, 6.45) is 5.26. The molecule has 2 fully saturated rings. The molecule has 0 radical (unpaired) electrons. The lowest BCUT2D eigenvalue weighted by atomic mass is 10.00. The summed E-state index contributed by atoms with van der Waals surface area (Å²) >= 11 is 0. The molecular formula is C14H24N2O2. The number of hydrogen-bond donors (Lipinski definition) is 1. The Labute approximate surface area is 109 Å². The number of amides is 2. The minimum Gasteiger partial charge on any atom is -0.343 e. The Morgan fingerprint density at radius 1 is 1.39 bits per heavy atom. The smallest absolute Gasteiger partial charge is 0.246 e. The predicted molar refractivity (Wildman–Crippen MR) is 69.9 cm³/mol. The second-order valence-corrected chi connectivity index (χ2v) is 5.80. The summed E-state index contributed by atoms with van der Waals surface area (Å²) in [4.78, 5) is 26.2. The van der Waals surface area contributed by atoms with Gasteiger partial charge in [0, 0.05) is 6.04 Å². The van der Waals surface area contributed by atoms with Crippen LogP contribution in [0.1, 0.15) is 52.9 Å². The molecule has 4 heteroatoms.